The van der Waals surface area contributed by atoms with E-state index in [-0.39, 0.29) is 28.7 Å². The van der Waals surface area contributed by atoms with Crippen LogP contribution in [0.1, 0.15) is 74.4 Å². The number of nitro groups is 1. The molecule has 15 nitrogen and oxygen atoms in total. The van der Waals surface area contributed by atoms with Crippen LogP contribution in [0.2, 0.25) is 0 Å². The zero-order valence-corrected chi connectivity index (χ0v) is 39.0. The van der Waals surface area contributed by atoms with E-state index in [1.165, 1.54) is 17.7 Å². The molecular weight excluding hydrogens is 902 g/mol. The van der Waals surface area contributed by atoms with Gasteiger partial charge in [0.05, 0.1) is 33.2 Å². The molecule has 3 N–H and O–H groups in total. The first-order chi connectivity index (χ1) is 32.4. The standard InChI is InChI=1S/C49H55F3N8O7S/c1-31-29-59(44-24-34-13-17-53-45(34)55-47(44)67-31)42-25-37(58-20-18-57(19-21-58)30-35-12-16-48(2,3)27-40(35)33-4-6-36(7-5-33)49(50,51)52)8-10-39(42)46(61)56-68(64,65)38-9-11-41(43(26-38)60(62)63)54-28-32-14-22-66-23-15-32/h4-11,13,17,24-26,31-32,54H,12,14-16,18-23,27-30H2,1-3H3,(H,53,55)(H,56,61)/t31-/m1/s1. The monoisotopic (exact) mass is 956 g/mol. The minimum absolute atomic E-state index is 0.0161. The number of carbonyl (C=O) groups is 1. The zero-order valence-electron chi connectivity index (χ0n) is 38.2. The normalized spacial score (nSPS) is 19.4. The summed E-state index contributed by atoms with van der Waals surface area (Å²) in [5.41, 5.74) is 4.74. The number of nitro benzene ring substituents is 1. The van der Waals surface area contributed by atoms with Crippen molar-refractivity contribution in [2.24, 2.45) is 11.3 Å². The minimum atomic E-state index is -4.61. The van der Waals surface area contributed by atoms with Gasteiger partial charge in [0.1, 0.15) is 23.1 Å². The van der Waals surface area contributed by atoms with Crippen LogP contribution >= 0.6 is 0 Å². The highest BCUT2D eigenvalue weighted by molar-refractivity contribution is 7.90. The van der Waals surface area contributed by atoms with Crippen LogP contribution in [0.4, 0.5) is 41.6 Å². The van der Waals surface area contributed by atoms with Gasteiger partial charge in [0.2, 0.25) is 5.88 Å². The Hall–Kier alpha value is -6.18. The number of nitrogens with zero attached hydrogens (tertiary/aromatic N) is 5. The summed E-state index contributed by atoms with van der Waals surface area (Å²) in [6, 6.07) is 18.1. The van der Waals surface area contributed by atoms with E-state index in [4.69, 9.17) is 14.5 Å². The average molecular weight is 957 g/mol. The van der Waals surface area contributed by atoms with E-state index < -0.39 is 43.2 Å². The second-order valence-corrected chi connectivity index (χ2v) is 20.7. The number of sulfonamides is 1. The number of alkyl halides is 3. The SMILES string of the molecule is C[C@@H]1CN(c2cc(N3CCN(CC4=C(c5ccc(C(F)(F)F)cc5)CC(C)(C)CC4)CC3)ccc2C(=O)NS(=O)(=O)c2ccc(NCC3CCOCC3)c([N+](=O)[O-])c2)c2cc3cc[nH]c3nc2O1. The van der Waals surface area contributed by atoms with Gasteiger partial charge in [-0.2, -0.15) is 18.2 Å². The molecule has 68 heavy (non-hydrogen) atoms. The number of hydrogen-bond donors (Lipinski definition) is 3. The van der Waals surface area contributed by atoms with E-state index in [0.717, 1.165) is 72.5 Å². The number of benzene rings is 3. The summed E-state index contributed by atoms with van der Waals surface area (Å²) in [7, 11) is -4.61. The molecule has 19 heteroatoms. The Morgan fingerprint density at radius 2 is 1.74 bits per heavy atom. The van der Waals surface area contributed by atoms with Gasteiger partial charge in [-0.3, -0.25) is 19.8 Å². The Morgan fingerprint density at radius 1 is 0.985 bits per heavy atom. The number of pyridine rings is 1. The highest BCUT2D eigenvalue weighted by atomic mass is 32.2. The number of halogens is 3. The van der Waals surface area contributed by atoms with Crippen LogP contribution in [0, 0.1) is 21.4 Å². The molecule has 2 aromatic heterocycles. The first kappa shape index (κ1) is 46.9. The van der Waals surface area contributed by atoms with Crippen LogP contribution < -0.4 is 24.6 Å². The van der Waals surface area contributed by atoms with Crippen LogP contribution in [0.15, 0.2) is 89.5 Å². The third-order valence-corrected chi connectivity index (χ3v) is 14.9. The fourth-order valence-electron chi connectivity index (χ4n) is 9.70. The number of allylic oxidation sites excluding steroid dienone is 1. The molecule has 0 saturated carbocycles. The van der Waals surface area contributed by atoms with Crippen molar-refractivity contribution in [2.45, 2.75) is 70.1 Å². The molecule has 0 unspecified atom stereocenters. The molecule has 360 valence electrons. The number of nitrogens with one attached hydrogen (secondary N) is 3. The van der Waals surface area contributed by atoms with Gasteiger partial charge in [-0.1, -0.05) is 31.6 Å². The molecule has 5 heterocycles. The Morgan fingerprint density at radius 3 is 2.46 bits per heavy atom. The van der Waals surface area contributed by atoms with Crippen molar-refractivity contribution >= 4 is 61.0 Å². The molecule has 0 radical (unpaired) electrons. The Bertz CT molecular complexity index is 2850. The molecule has 5 aromatic rings. The van der Waals surface area contributed by atoms with E-state index in [9.17, 15) is 36.5 Å². The van der Waals surface area contributed by atoms with Gasteiger partial charge in [-0.05, 0) is 116 Å². The van der Waals surface area contributed by atoms with Gasteiger partial charge in [0.15, 0.2) is 0 Å². The van der Waals surface area contributed by atoms with E-state index in [1.807, 2.05) is 30.0 Å². The van der Waals surface area contributed by atoms with Crippen molar-refractivity contribution in [3.05, 3.63) is 111 Å². The summed E-state index contributed by atoms with van der Waals surface area (Å²) >= 11 is 0. The number of fused-ring (bicyclic) bond motifs is 2. The zero-order chi connectivity index (χ0) is 48.0. The van der Waals surface area contributed by atoms with Gasteiger partial charge in [-0.25, -0.2) is 13.1 Å². The van der Waals surface area contributed by atoms with E-state index >= 15 is 0 Å². The van der Waals surface area contributed by atoms with Crippen molar-refractivity contribution < 1.29 is 40.8 Å². The molecule has 4 aliphatic rings. The molecule has 1 aliphatic carbocycles. The van der Waals surface area contributed by atoms with E-state index in [1.54, 1.807) is 30.5 Å². The smallest absolute Gasteiger partial charge is 0.416 e. The predicted octanol–water partition coefficient (Wildman–Crippen LogP) is 9.15. The third-order valence-electron chi connectivity index (χ3n) is 13.6. The Balaban J connectivity index is 0.980. The summed E-state index contributed by atoms with van der Waals surface area (Å²) in [5.74, 6) is -0.338. The lowest BCUT2D eigenvalue weighted by molar-refractivity contribution is -0.384. The van der Waals surface area contributed by atoms with Crippen LogP contribution in [-0.4, -0.2) is 99.2 Å². The summed E-state index contributed by atoms with van der Waals surface area (Å²) in [5, 5.41) is 16.1. The summed E-state index contributed by atoms with van der Waals surface area (Å²) in [4.78, 5) is 39.8. The maximum absolute atomic E-state index is 14.4. The second kappa shape index (κ2) is 18.7. The number of carbonyl (C=O) groups excluding carboxylic acids is 1. The number of amides is 1. The number of aromatic amines is 1. The number of hydrogen-bond acceptors (Lipinski definition) is 12. The van der Waals surface area contributed by atoms with Crippen molar-refractivity contribution in [1.82, 2.24) is 19.6 Å². The number of piperazine rings is 1. The molecular formula is C49H55F3N8O7S. The number of rotatable bonds is 12. The lowest BCUT2D eigenvalue weighted by Gasteiger charge is -2.40. The third kappa shape index (κ3) is 10.1. The second-order valence-electron chi connectivity index (χ2n) is 19.0. The van der Waals surface area contributed by atoms with E-state index in [2.05, 4.69) is 38.7 Å². The number of aromatic nitrogens is 2. The molecule has 2 saturated heterocycles. The van der Waals surface area contributed by atoms with Crippen molar-refractivity contribution in [3.8, 4) is 5.88 Å². The Labute approximate surface area is 392 Å². The van der Waals surface area contributed by atoms with Crippen LogP contribution in [-0.2, 0) is 20.9 Å². The molecule has 1 amide bonds. The average Bonchev–Trinajstić information content (AvgIpc) is 3.78. The predicted molar refractivity (Wildman–Crippen MR) is 254 cm³/mol. The molecule has 0 spiro atoms. The summed E-state index contributed by atoms with van der Waals surface area (Å²) in [6.45, 7) is 11.6. The summed E-state index contributed by atoms with van der Waals surface area (Å²) in [6.07, 6.45) is 1.19. The van der Waals surface area contributed by atoms with Gasteiger partial charge < -0.3 is 29.6 Å². The first-order valence-corrected chi connectivity index (χ1v) is 24.5. The van der Waals surface area contributed by atoms with Crippen LogP contribution in [0.5, 0.6) is 5.88 Å². The van der Waals surface area contributed by atoms with Gasteiger partial charge in [0, 0.05) is 75.8 Å². The molecule has 2 fully saturated rings. The van der Waals surface area contributed by atoms with Crippen LogP contribution in [0.3, 0.4) is 0 Å². The number of H-pyrrole nitrogens is 1. The summed E-state index contributed by atoms with van der Waals surface area (Å²) < 4.78 is 82.0. The largest absolute Gasteiger partial charge is 0.471 e. The van der Waals surface area contributed by atoms with Crippen LogP contribution in [0.25, 0.3) is 16.6 Å². The molecule has 9 rings (SSSR count). The fraction of sp³-hybridized carbons (Fsp3) is 0.429. The van der Waals surface area contributed by atoms with Crippen molar-refractivity contribution in [1.29, 1.82) is 0 Å². The highest BCUT2D eigenvalue weighted by Gasteiger charge is 2.35. The maximum atomic E-state index is 14.4. The topological polar surface area (TPSA) is 175 Å². The number of anilines is 4. The molecule has 0 bridgehead atoms. The fourth-order valence-corrected chi connectivity index (χ4v) is 10.7. The van der Waals surface area contributed by atoms with Gasteiger partial charge in [-0.15, -0.1) is 0 Å². The first-order valence-electron chi connectivity index (χ1n) is 23.0. The van der Waals surface area contributed by atoms with E-state index in [0.29, 0.717) is 81.9 Å². The highest BCUT2D eigenvalue weighted by Crippen LogP contribution is 2.45. The molecule has 3 aliphatic heterocycles. The lowest BCUT2D eigenvalue weighted by atomic mass is 9.72. The number of ether oxygens (including phenoxy) is 2. The lowest BCUT2D eigenvalue weighted by Crippen LogP contribution is -2.47. The van der Waals surface area contributed by atoms with Crippen molar-refractivity contribution in [3.63, 3.8) is 0 Å². The van der Waals surface area contributed by atoms with Crippen molar-refractivity contribution in [2.75, 3.05) is 74.1 Å². The minimum Gasteiger partial charge on any atom is -0.471 e. The Kier molecular flexibility index (Phi) is 12.9. The molecule has 3 aromatic carbocycles. The van der Waals surface area contributed by atoms with Gasteiger partial charge >= 0.3 is 6.18 Å². The van der Waals surface area contributed by atoms with Gasteiger partial charge in [0.25, 0.3) is 21.6 Å². The molecule has 1 atom stereocenters. The quantitative estimate of drug-likeness (QED) is 0.0800. The maximum Gasteiger partial charge on any atom is 0.416 e.